The van der Waals surface area contributed by atoms with Gasteiger partial charge in [-0.2, -0.15) is 0 Å². The van der Waals surface area contributed by atoms with Gasteiger partial charge in [-0.3, -0.25) is 0 Å². The molecule has 0 amide bonds. The third-order valence-electron chi connectivity index (χ3n) is 1.62. The summed E-state index contributed by atoms with van der Waals surface area (Å²) in [5.41, 5.74) is -0.721. The van der Waals surface area contributed by atoms with Crippen LogP contribution >= 0.6 is 0 Å². The van der Waals surface area contributed by atoms with E-state index >= 15 is 0 Å². The molecule has 0 aromatic heterocycles. The SMILES string of the molecule is CC(/C=C/C(O)C(C)(C)O)=C\C(=O)O. The number of aliphatic hydroxyl groups is 2. The van der Waals surface area contributed by atoms with E-state index in [4.69, 9.17) is 5.11 Å². The van der Waals surface area contributed by atoms with E-state index < -0.39 is 17.7 Å². The minimum Gasteiger partial charge on any atom is -0.478 e. The predicted molar refractivity (Wildman–Crippen MR) is 52.8 cm³/mol. The molecule has 0 spiro atoms. The van der Waals surface area contributed by atoms with Gasteiger partial charge < -0.3 is 15.3 Å². The molecular weight excluding hydrogens is 184 g/mol. The Kier molecular flexibility index (Phi) is 4.53. The fourth-order valence-corrected chi connectivity index (χ4v) is 0.721. The minimum atomic E-state index is -1.22. The van der Waals surface area contributed by atoms with Crippen molar-refractivity contribution in [3.8, 4) is 0 Å². The molecule has 1 unspecified atom stereocenters. The van der Waals surface area contributed by atoms with Crippen LogP contribution in [0, 0.1) is 0 Å². The summed E-state index contributed by atoms with van der Waals surface area (Å²) in [6, 6.07) is 0. The Labute approximate surface area is 83.2 Å². The lowest BCUT2D eigenvalue weighted by atomic mass is 10.0. The zero-order chi connectivity index (χ0) is 11.4. The Bertz CT molecular complexity index is 258. The Morgan fingerprint density at radius 2 is 1.93 bits per heavy atom. The Morgan fingerprint density at radius 1 is 1.43 bits per heavy atom. The molecule has 0 aromatic rings. The lowest BCUT2D eigenvalue weighted by Crippen LogP contribution is -2.34. The van der Waals surface area contributed by atoms with Crippen LogP contribution in [0.1, 0.15) is 20.8 Å². The number of carbonyl (C=O) groups is 1. The van der Waals surface area contributed by atoms with Gasteiger partial charge in [-0.15, -0.1) is 0 Å². The minimum absolute atomic E-state index is 0.501. The maximum atomic E-state index is 10.2. The number of allylic oxidation sites excluding steroid dienone is 2. The molecule has 1 atom stereocenters. The molecule has 0 aliphatic carbocycles. The Morgan fingerprint density at radius 3 is 2.29 bits per heavy atom. The molecule has 0 rings (SSSR count). The predicted octanol–water partition coefficient (Wildman–Crippen LogP) is 0.705. The molecule has 4 heteroatoms. The molecule has 0 heterocycles. The van der Waals surface area contributed by atoms with Gasteiger partial charge >= 0.3 is 5.97 Å². The number of hydrogen-bond acceptors (Lipinski definition) is 3. The fraction of sp³-hybridized carbons (Fsp3) is 0.500. The van der Waals surface area contributed by atoms with E-state index in [1.807, 2.05) is 0 Å². The first-order chi connectivity index (χ1) is 6.23. The van der Waals surface area contributed by atoms with Crippen LogP contribution < -0.4 is 0 Å². The third-order valence-corrected chi connectivity index (χ3v) is 1.62. The topological polar surface area (TPSA) is 77.8 Å². The highest BCUT2D eigenvalue weighted by atomic mass is 16.4. The standard InChI is InChI=1S/C10H16O4/c1-7(6-9(12)13)4-5-8(11)10(2,3)14/h4-6,8,11,14H,1-3H3,(H,12,13)/b5-4+,7-6+. The summed E-state index contributed by atoms with van der Waals surface area (Å²) in [7, 11) is 0. The second-order valence-electron chi connectivity index (χ2n) is 3.68. The van der Waals surface area contributed by atoms with E-state index in [2.05, 4.69) is 0 Å². The van der Waals surface area contributed by atoms with Gasteiger partial charge in [0, 0.05) is 6.08 Å². The van der Waals surface area contributed by atoms with Crippen molar-refractivity contribution < 1.29 is 20.1 Å². The molecule has 0 bridgehead atoms. The van der Waals surface area contributed by atoms with Crippen LogP contribution in [-0.4, -0.2) is 33.0 Å². The quantitative estimate of drug-likeness (QED) is 0.461. The number of hydrogen-bond donors (Lipinski definition) is 3. The van der Waals surface area contributed by atoms with Crippen molar-refractivity contribution >= 4 is 5.97 Å². The molecule has 14 heavy (non-hydrogen) atoms. The van der Waals surface area contributed by atoms with E-state index in [0.717, 1.165) is 6.08 Å². The largest absolute Gasteiger partial charge is 0.478 e. The van der Waals surface area contributed by atoms with Gasteiger partial charge in [-0.25, -0.2) is 4.79 Å². The average molecular weight is 200 g/mol. The van der Waals surface area contributed by atoms with Gasteiger partial charge in [0.15, 0.2) is 0 Å². The lowest BCUT2D eigenvalue weighted by molar-refractivity contribution is -0.131. The molecule has 3 N–H and O–H groups in total. The zero-order valence-electron chi connectivity index (χ0n) is 8.56. The van der Waals surface area contributed by atoms with Gasteiger partial charge in [0.25, 0.3) is 0 Å². The van der Waals surface area contributed by atoms with Crippen LogP contribution in [0.4, 0.5) is 0 Å². The van der Waals surface area contributed by atoms with E-state index in [0.29, 0.717) is 5.57 Å². The summed E-state index contributed by atoms with van der Waals surface area (Å²) < 4.78 is 0. The molecule has 0 fully saturated rings. The van der Waals surface area contributed by atoms with E-state index in [1.54, 1.807) is 6.92 Å². The van der Waals surface area contributed by atoms with Crippen LogP contribution in [0.15, 0.2) is 23.8 Å². The van der Waals surface area contributed by atoms with Crippen molar-refractivity contribution in [2.24, 2.45) is 0 Å². The van der Waals surface area contributed by atoms with E-state index in [9.17, 15) is 15.0 Å². The van der Waals surface area contributed by atoms with Crippen LogP contribution in [0.2, 0.25) is 0 Å². The Hall–Kier alpha value is -1.13. The average Bonchev–Trinajstić information content (AvgIpc) is 1.96. The second kappa shape index (κ2) is 4.93. The van der Waals surface area contributed by atoms with Gasteiger partial charge in [-0.1, -0.05) is 12.2 Å². The highest BCUT2D eigenvalue weighted by Gasteiger charge is 2.21. The number of aliphatic hydroxyl groups excluding tert-OH is 1. The molecular formula is C10H16O4. The van der Waals surface area contributed by atoms with Crippen molar-refractivity contribution in [1.29, 1.82) is 0 Å². The molecule has 0 radical (unpaired) electrons. The molecule has 0 saturated heterocycles. The highest BCUT2D eigenvalue weighted by Crippen LogP contribution is 2.10. The first kappa shape index (κ1) is 12.9. The lowest BCUT2D eigenvalue weighted by Gasteiger charge is -2.21. The van der Waals surface area contributed by atoms with Gasteiger partial charge in [0.05, 0.1) is 5.60 Å². The van der Waals surface area contributed by atoms with E-state index in [-0.39, 0.29) is 0 Å². The normalized spacial score (nSPS) is 15.9. The summed E-state index contributed by atoms with van der Waals surface area (Å²) >= 11 is 0. The smallest absolute Gasteiger partial charge is 0.328 e. The summed E-state index contributed by atoms with van der Waals surface area (Å²) in [6.45, 7) is 4.54. The highest BCUT2D eigenvalue weighted by molar-refractivity contribution is 5.81. The first-order valence-corrected chi connectivity index (χ1v) is 4.23. The van der Waals surface area contributed by atoms with Crippen molar-refractivity contribution in [2.75, 3.05) is 0 Å². The molecule has 80 valence electrons. The van der Waals surface area contributed by atoms with Gasteiger partial charge in [-0.05, 0) is 26.3 Å². The molecule has 0 aliphatic rings. The summed E-state index contributed by atoms with van der Waals surface area (Å²) in [6.07, 6.45) is 2.82. The molecule has 0 aliphatic heterocycles. The summed E-state index contributed by atoms with van der Waals surface area (Å²) in [5.74, 6) is -1.04. The van der Waals surface area contributed by atoms with Crippen molar-refractivity contribution in [2.45, 2.75) is 32.5 Å². The fourth-order valence-electron chi connectivity index (χ4n) is 0.721. The molecule has 0 aromatic carbocycles. The number of aliphatic carboxylic acids is 1. The van der Waals surface area contributed by atoms with Gasteiger partial charge in [0.1, 0.15) is 6.10 Å². The second-order valence-corrected chi connectivity index (χ2v) is 3.68. The van der Waals surface area contributed by atoms with E-state index in [1.165, 1.54) is 26.0 Å². The summed E-state index contributed by atoms with van der Waals surface area (Å²) in [4.78, 5) is 10.2. The monoisotopic (exact) mass is 200 g/mol. The van der Waals surface area contributed by atoms with Gasteiger partial charge in [0.2, 0.25) is 0 Å². The van der Waals surface area contributed by atoms with Crippen molar-refractivity contribution in [1.82, 2.24) is 0 Å². The maximum absolute atomic E-state index is 10.2. The molecule has 0 saturated carbocycles. The van der Waals surface area contributed by atoms with Crippen LogP contribution in [-0.2, 0) is 4.79 Å². The number of carboxylic acids is 1. The van der Waals surface area contributed by atoms with Crippen LogP contribution in [0.3, 0.4) is 0 Å². The van der Waals surface area contributed by atoms with Crippen molar-refractivity contribution in [3.05, 3.63) is 23.8 Å². The molecule has 4 nitrogen and oxygen atoms in total. The maximum Gasteiger partial charge on any atom is 0.328 e. The number of rotatable bonds is 4. The third kappa shape index (κ3) is 5.50. The Balaban J connectivity index is 4.39. The summed E-state index contributed by atoms with van der Waals surface area (Å²) in [5, 5.41) is 27.1. The van der Waals surface area contributed by atoms with Crippen LogP contribution in [0.25, 0.3) is 0 Å². The number of carboxylic acid groups (broad SMARTS) is 1. The first-order valence-electron chi connectivity index (χ1n) is 4.23. The zero-order valence-corrected chi connectivity index (χ0v) is 8.56. The van der Waals surface area contributed by atoms with Crippen molar-refractivity contribution in [3.63, 3.8) is 0 Å². The van der Waals surface area contributed by atoms with Crippen LogP contribution in [0.5, 0.6) is 0 Å².